The maximum atomic E-state index is 14.4. The fourth-order valence-corrected chi connectivity index (χ4v) is 4.37. The Balaban J connectivity index is 1.68. The number of amides is 1. The fourth-order valence-electron chi connectivity index (χ4n) is 4.24. The zero-order valence-corrected chi connectivity index (χ0v) is 16.3. The minimum atomic E-state index is -0.505. The molecular weight excluding hydrogens is 387 g/mol. The molecule has 1 aromatic heterocycles. The molecule has 0 saturated carbocycles. The van der Waals surface area contributed by atoms with E-state index in [0.717, 1.165) is 16.8 Å². The molecule has 0 bridgehead atoms. The molecule has 1 atom stereocenters. The summed E-state index contributed by atoms with van der Waals surface area (Å²) in [4.78, 5) is 18.6. The van der Waals surface area contributed by atoms with Crippen LogP contribution in [0.25, 0.3) is 10.9 Å². The number of fused-ring (bicyclic) bond motifs is 3. The van der Waals surface area contributed by atoms with Crippen molar-refractivity contribution in [3.05, 3.63) is 106 Å². The number of aromatic nitrogens is 1. The van der Waals surface area contributed by atoms with Crippen molar-refractivity contribution in [2.24, 2.45) is 0 Å². The van der Waals surface area contributed by atoms with Gasteiger partial charge in [0.25, 0.3) is 5.91 Å². The molecular formula is C24H18ClFN2O. The SMILES string of the molecule is O=C(c1ccccc1F)N1CCc2c([nH]c3ccccc23)C1c1ccc(Cl)cc1. The van der Waals surface area contributed by atoms with E-state index in [9.17, 15) is 9.18 Å². The van der Waals surface area contributed by atoms with E-state index < -0.39 is 5.82 Å². The highest BCUT2D eigenvalue weighted by Gasteiger charge is 2.35. The van der Waals surface area contributed by atoms with E-state index >= 15 is 0 Å². The van der Waals surface area contributed by atoms with Gasteiger partial charge in [0, 0.05) is 28.2 Å². The lowest BCUT2D eigenvalue weighted by Crippen LogP contribution is -2.41. The number of hydrogen-bond acceptors (Lipinski definition) is 1. The number of carbonyl (C=O) groups excluding carboxylic acids is 1. The van der Waals surface area contributed by atoms with Crippen LogP contribution in [0.3, 0.4) is 0 Å². The zero-order chi connectivity index (χ0) is 20.0. The third-order valence-corrected chi connectivity index (χ3v) is 5.84. The summed E-state index contributed by atoms with van der Waals surface area (Å²) in [7, 11) is 0. The Kier molecular flexibility index (Phi) is 4.36. The first-order valence-corrected chi connectivity index (χ1v) is 9.92. The van der Waals surface area contributed by atoms with Crippen LogP contribution in [0.4, 0.5) is 4.39 Å². The number of rotatable bonds is 2. The van der Waals surface area contributed by atoms with Crippen molar-refractivity contribution in [3.63, 3.8) is 0 Å². The molecule has 1 aliphatic rings. The van der Waals surface area contributed by atoms with Gasteiger partial charge in [-0.3, -0.25) is 4.79 Å². The number of carbonyl (C=O) groups is 1. The molecule has 1 aliphatic heterocycles. The molecule has 3 aromatic carbocycles. The smallest absolute Gasteiger partial charge is 0.257 e. The average Bonchev–Trinajstić information content (AvgIpc) is 3.12. The quantitative estimate of drug-likeness (QED) is 0.453. The van der Waals surface area contributed by atoms with E-state index in [1.807, 2.05) is 42.5 Å². The molecule has 1 amide bonds. The van der Waals surface area contributed by atoms with Gasteiger partial charge in [0.15, 0.2) is 0 Å². The van der Waals surface area contributed by atoms with E-state index in [2.05, 4.69) is 11.1 Å². The summed E-state index contributed by atoms with van der Waals surface area (Å²) in [5.41, 5.74) is 4.25. The van der Waals surface area contributed by atoms with E-state index in [1.165, 1.54) is 23.1 Å². The summed E-state index contributed by atoms with van der Waals surface area (Å²) < 4.78 is 14.4. The van der Waals surface area contributed by atoms with Crippen molar-refractivity contribution in [2.45, 2.75) is 12.5 Å². The minimum absolute atomic E-state index is 0.0889. The van der Waals surface area contributed by atoms with Crippen LogP contribution in [-0.4, -0.2) is 22.3 Å². The molecule has 144 valence electrons. The molecule has 5 rings (SSSR count). The van der Waals surface area contributed by atoms with Crippen LogP contribution in [0.1, 0.15) is 33.2 Å². The van der Waals surface area contributed by atoms with Gasteiger partial charge in [0.05, 0.1) is 11.6 Å². The second-order valence-corrected chi connectivity index (χ2v) is 7.68. The first-order valence-electron chi connectivity index (χ1n) is 9.54. The van der Waals surface area contributed by atoms with Gasteiger partial charge in [-0.25, -0.2) is 4.39 Å². The number of nitrogens with zero attached hydrogens (tertiary/aromatic N) is 1. The lowest BCUT2D eigenvalue weighted by Gasteiger charge is -2.36. The average molecular weight is 405 g/mol. The molecule has 4 aromatic rings. The van der Waals surface area contributed by atoms with Crippen LogP contribution in [0, 0.1) is 5.82 Å². The maximum Gasteiger partial charge on any atom is 0.257 e. The number of H-pyrrole nitrogens is 1. The number of benzene rings is 3. The third kappa shape index (κ3) is 3.00. The van der Waals surface area contributed by atoms with E-state index in [0.29, 0.717) is 18.0 Å². The summed E-state index contributed by atoms with van der Waals surface area (Å²) in [6, 6.07) is 21.4. The lowest BCUT2D eigenvalue weighted by molar-refractivity contribution is 0.0687. The Morgan fingerprint density at radius 1 is 1.00 bits per heavy atom. The molecule has 0 fully saturated rings. The molecule has 2 heterocycles. The molecule has 29 heavy (non-hydrogen) atoms. The van der Waals surface area contributed by atoms with Gasteiger partial charge < -0.3 is 9.88 Å². The van der Waals surface area contributed by atoms with E-state index in [1.54, 1.807) is 17.0 Å². The molecule has 1 unspecified atom stereocenters. The van der Waals surface area contributed by atoms with Crippen LogP contribution < -0.4 is 0 Å². The standard InChI is InChI=1S/C24H18ClFN2O/c25-16-11-9-15(10-12-16)23-22-18(17-5-2-4-8-21(17)27-22)13-14-28(23)24(29)19-6-1-3-7-20(19)26/h1-12,23,27H,13-14H2. The Morgan fingerprint density at radius 3 is 2.52 bits per heavy atom. The number of nitrogens with one attached hydrogen (secondary N) is 1. The monoisotopic (exact) mass is 404 g/mol. The summed E-state index contributed by atoms with van der Waals surface area (Å²) in [6.07, 6.45) is 0.712. The Hall–Kier alpha value is -3.11. The highest BCUT2D eigenvalue weighted by molar-refractivity contribution is 6.30. The second kappa shape index (κ2) is 7.05. The van der Waals surface area contributed by atoms with Gasteiger partial charge in [-0.15, -0.1) is 0 Å². The van der Waals surface area contributed by atoms with Crippen LogP contribution in [0.2, 0.25) is 5.02 Å². The van der Waals surface area contributed by atoms with Gasteiger partial charge >= 0.3 is 0 Å². The number of para-hydroxylation sites is 1. The van der Waals surface area contributed by atoms with Gasteiger partial charge in [-0.05, 0) is 47.9 Å². The van der Waals surface area contributed by atoms with Crippen molar-refractivity contribution >= 4 is 28.4 Å². The van der Waals surface area contributed by atoms with E-state index in [-0.39, 0.29) is 17.5 Å². The lowest BCUT2D eigenvalue weighted by atomic mass is 9.91. The van der Waals surface area contributed by atoms with Gasteiger partial charge in [-0.2, -0.15) is 0 Å². The molecule has 5 heteroatoms. The fraction of sp³-hybridized carbons (Fsp3) is 0.125. The Morgan fingerprint density at radius 2 is 1.72 bits per heavy atom. The van der Waals surface area contributed by atoms with Crippen molar-refractivity contribution in [1.29, 1.82) is 0 Å². The Bertz CT molecular complexity index is 1220. The number of halogens is 2. The second-order valence-electron chi connectivity index (χ2n) is 7.25. The number of aromatic amines is 1. The van der Waals surface area contributed by atoms with E-state index in [4.69, 9.17) is 11.6 Å². The van der Waals surface area contributed by atoms with Gasteiger partial charge in [0.2, 0.25) is 0 Å². The molecule has 0 aliphatic carbocycles. The third-order valence-electron chi connectivity index (χ3n) is 5.59. The van der Waals surface area contributed by atoms with Gasteiger partial charge in [0.1, 0.15) is 5.82 Å². The van der Waals surface area contributed by atoms with Crippen molar-refractivity contribution in [2.75, 3.05) is 6.54 Å². The predicted octanol–water partition coefficient (Wildman–Crippen LogP) is 5.75. The summed E-state index contributed by atoms with van der Waals surface area (Å²) in [5, 5.41) is 1.80. The maximum absolute atomic E-state index is 14.4. The van der Waals surface area contributed by atoms with Crippen LogP contribution in [-0.2, 0) is 6.42 Å². The number of hydrogen-bond donors (Lipinski definition) is 1. The van der Waals surface area contributed by atoms with Gasteiger partial charge in [-0.1, -0.05) is 54.1 Å². The minimum Gasteiger partial charge on any atom is -0.356 e. The van der Waals surface area contributed by atoms with Crippen LogP contribution in [0.15, 0.2) is 72.8 Å². The highest BCUT2D eigenvalue weighted by atomic mass is 35.5. The summed E-state index contributed by atoms with van der Waals surface area (Å²) in [6.45, 7) is 0.509. The summed E-state index contributed by atoms with van der Waals surface area (Å²) >= 11 is 6.09. The van der Waals surface area contributed by atoms with Crippen molar-refractivity contribution in [1.82, 2.24) is 9.88 Å². The Labute approximate surface area is 172 Å². The molecule has 1 N–H and O–H groups in total. The zero-order valence-electron chi connectivity index (χ0n) is 15.5. The topological polar surface area (TPSA) is 36.1 Å². The molecule has 3 nitrogen and oxygen atoms in total. The molecule has 0 saturated heterocycles. The largest absolute Gasteiger partial charge is 0.356 e. The predicted molar refractivity (Wildman–Crippen MR) is 113 cm³/mol. The molecule has 0 radical (unpaired) electrons. The van der Waals surface area contributed by atoms with Crippen molar-refractivity contribution in [3.8, 4) is 0 Å². The molecule has 0 spiro atoms. The van der Waals surface area contributed by atoms with Crippen LogP contribution >= 0.6 is 11.6 Å². The normalized spacial score (nSPS) is 16.1. The highest BCUT2D eigenvalue weighted by Crippen LogP contribution is 2.39. The first kappa shape index (κ1) is 18.0. The first-order chi connectivity index (χ1) is 14.1. The van der Waals surface area contributed by atoms with Crippen LogP contribution in [0.5, 0.6) is 0 Å². The van der Waals surface area contributed by atoms with Crippen molar-refractivity contribution < 1.29 is 9.18 Å². The summed E-state index contributed by atoms with van der Waals surface area (Å²) in [5.74, 6) is -0.817.